The van der Waals surface area contributed by atoms with Crippen LogP contribution in [0.4, 0.5) is 5.69 Å². The fourth-order valence-corrected chi connectivity index (χ4v) is 2.72. The van der Waals surface area contributed by atoms with Crippen LogP contribution in [0.1, 0.15) is 27.6 Å². The van der Waals surface area contributed by atoms with Crippen molar-refractivity contribution in [3.05, 3.63) is 59.7 Å². The van der Waals surface area contributed by atoms with E-state index < -0.39 is 15.9 Å². The van der Waals surface area contributed by atoms with Gasteiger partial charge in [-0.2, -0.15) is 0 Å². The number of Topliss-reactive ketones (excluding diaryl/α,β-unsaturated/α-hetero) is 1. The summed E-state index contributed by atoms with van der Waals surface area (Å²) >= 11 is 0. The fourth-order valence-electron chi connectivity index (χ4n) is 1.94. The van der Waals surface area contributed by atoms with Gasteiger partial charge in [0, 0.05) is 16.8 Å². The Bertz CT molecular complexity index is 860. The van der Waals surface area contributed by atoms with Gasteiger partial charge in [0.25, 0.3) is 5.91 Å². The van der Waals surface area contributed by atoms with Crippen LogP contribution >= 0.6 is 0 Å². The number of hydrogen-bond donors (Lipinski definition) is 2. The molecule has 2 N–H and O–H groups in total. The molecule has 0 saturated heterocycles. The van der Waals surface area contributed by atoms with Crippen molar-refractivity contribution in [2.45, 2.75) is 11.8 Å². The topological polar surface area (TPSA) is 92.3 Å². The van der Waals surface area contributed by atoms with E-state index in [1.165, 1.54) is 38.2 Å². The van der Waals surface area contributed by atoms with E-state index in [0.29, 0.717) is 11.3 Å². The number of hydrogen-bond acceptors (Lipinski definition) is 4. The molecule has 0 aliphatic carbocycles. The Morgan fingerprint density at radius 2 is 1.61 bits per heavy atom. The molecule has 0 aromatic heterocycles. The van der Waals surface area contributed by atoms with E-state index in [1.807, 2.05) is 0 Å². The van der Waals surface area contributed by atoms with Crippen LogP contribution in [0.3, 0.4) is 0 Å². The maximum atomic E-state index is 12.3. The number of ketones is 1. The Morgan fingerprint density at radius 1 is 0.957 bits per heavy atom. The molecule has 0 fully saturated rings. The molecular formula is C16H16N2O4S. The predicted octanol–water partition coefficient (Wildman–Crippen LogP) is 2.05. The van der Waals surface area contributed by atoms with E-state index in [1.54, 1.807) is 24.3 Å². The van der Waals surface area contributed by atoms with Crippen molar-refractivity contribution in [3.63, 3.8) is 0 Å². The highest BCUT2D eigenvalue weighted by atomic mass is 32.2. The summed E-state index contributed by atoms with van der Waals surface area (Å²) in [4.78, 5) is 23.6. The number of rotatable bonds is 5. The van der Waals surface area contributed by atoms with Gasteiger partial charge < -0.3 is 5.32 Å². The lowest BCUT2D eigenvalue weighted by Gasteiger charge is -2.08. The normalized spacial score (nSPS) is 11.0. The van der Waals surface area contributed by atoms with Crippen molar-refractivity contribution in [1.29, 1.82) is 0 Å². The zero-order chi connectivity index (χ0) is 17.0. The number of benzene rings is 2. The van der Waals surface area contributed by atoms with Crippen LogP contribution in [0, 0.1) is 0 Å². The molecule has 0 bridgehead atoms. The molecule has 0 radical (unpaired) electrons. The van der Waals surface area contributed by atoms with Crippen molar-refractivity contribution in [1.82, 2.24) is 4.72 Å². The lowest BCUT2D eigenvalue weighted by molar-refractivity contribution is 0.101. The molecule has 2 aromatic rings. The molecule has 0 saturated carbocycles. The van der Waals surface area contributed by atoms with Gasteiger partial charge in [0.15, 0.2) is 5.78 Å². The number of carbonyl (C=O) groups excluding carboxylic acids is 2. The lowest BCUT2D eigenvalue weighted by Crippen LogP contribution is -2.19. The molecule has 2 aromatic carbocycles. The average Bonchev–Trinajstić information content (AvgIpc) is 2.55. The van der Waals surface area contributed by atoms with Crippen molar-refractivity contribution in [2.24, 2.45) is 0 Å². The summed E-state index contributed by atoms with van der Waals surface area (Å²) in [5, 5.41) is 2.64. The maximum Gasteiger partial charge on any atom is 0.255 e. The van der Waals surface area contributed by atoms with E-state index in [2.05, 4.69) is 10.0 Å². The molecule has 0 heterocycles. The lowest BCUT2D eigenvalue weighted by atomic mass is 10.1. The molecule has 0 spiro atoms. The first-order valence-corrected chi connectivity index (χ1v) is 8.28. The summed E-state index contributed by atoms with van der Waals surface area (Å²) in [6.07, 6.45) is 0. The Labute approximate surface area is 134 Å². The van der Waals surface area contributed by atoms with Crippen LogP contribution < -0.4 is 10.0 Å². The first-order valence-electron chi connectivity index (χ1n) is 6.79. The minimum Gasteiger partial charge on any atom is -0.322 e. The van der Waals surface area contributed by atoms with Crippen molar-refractivity contribution >= 4 is 27.4 Å². The van der Waals surface area contributed by atoms with Crippen LogP contribution in [0.15, 0.2) is 53.4 Å². The van der Waals surface area contributed by atoms with E-state index in [0.717, 1.165) is 0 Å². The first kappa shape index (κ1) is 16.9. The van der Waals surface area contributed by atoms with Gasteiger partial charge in [0.05, 0.1) is 4.90 Å². The Hall–Kier alpha value is -2.51. The number of nitrogens with one attached hydrogen (secondary N) is 2. The van der Waals surface area contributed by atoms with Crippen molar-refractivity contribution in [2.75, 3.05) is 12.4 Å². The largest absolute Gasteiger partial charge is 0.322 e. The summed E-state index contributed by atoms with van der Waals surface area (Å²) < 4.78 is 25.7. The van der Waals surface area contributed by atoms with E-state index in [-0.39, 0.29) is 16.2 Å². The zero-order valence-electron chi connectivity index (χ0n) is 12.7. The number of sulfonamides is 1. The van der Waals surface area contributed by atoms with Crippen LogP contribution in [0.25, 0.3) is 0 Å². The first-order chi connectivity index (χ1) is 10.8. The molecule has 23 heavy (non-hydrogen) atoms. The smallest absolute Gasteiger partial charge is 0.255 e. The third kappa shape index (κ3) is 4.02. The minimum absolute atomic E-state index is 0.00476. The highest BCUT2D eigenvalue weighted by molar-refractivity contribution is 7.89. The number of carbonyl (C=O) groups is 2. The van der Waals surface area contributed by atoms with Crippen LogP contribution in [-0.4, -0.2) is 27.2 Å². The van der Waals surface area contributed by atoms with Gasteiger partial charge in [0.2, 0.25) is 10.0 Å². The van der Waals surface area contributed by atoms with Gasteiger partial charge in [0.1, 0.15) is 0 Å². The maximum absolute atomic E-state index is 12.3. The van der Waals surface area contributed by atoms with Crippen molar-refractivity contribution in [3.8, 4) is 0 Å². The van der Waals surface area contributed by atoms with Gasteiger partial charge in [-0.25, -0.2) is 13.1 Å². The van der Waals surface area contributed by atoms with Crippen molar-refractivity contribution < 1.29 is 18.0 Å². The standard InChI is InChI=1S/C16H16N2O4S/c1-11(19)12-5-3-7-14(9-12)18-16(20)13-6-4-8-15(10-13)23(21,22)17-2/h3-10,17H,1-2H3,(H,18,20). The van der Waals surface area contributed by atoms with Gasteiger partial charge in [-0.15, -0.1) is 0 Å². The second kappa shape index (κ2) is 6.72. The van der Waals surface area contributed by atoms with E-state index >= 15 is 0 Å². The van der Waals surface area contributed by atoms with Gasteiger partial charge in [-0.3, -0.25) is 9.59 Å². The summed E-state index contributed by atoms with van der Waals surface area (Å²) in [7, 11) is -2.32. The second-order valence-electron chi connectivity index (χ2n) is 4.83. The minimum atomic E-state index is -3.62. The molecule has 0 atom stereocenters. The average molecular weight is 332 g/mol. The Balaban J connectivity index is 2.27. The molecule has 0 unspecified atom stereocenters. The molecule has 120 valence electrons. The summed E-state index contributed by atoms with van der Waals surface area (Å²) in [5.41, 5.74) is 1.15. The Morgan fingerprint density at radius 3 is 2.26 bits per heavy atom. The van der Waals surface area contributed by atoms with E-state index in [9.17, 15) is 18.0 Å². The summed E-state index contributed by atoms with van der Waals surface area (Å²) in [5.74, 6) is -0.568. The molecule has 0 aliphatic heterocycles. The third-order valence-corrected chi connectivity index (χ3v) is 4.61. The van der Waals surface area contributed by atoms with E-state index in [4.69, 9.17) is 0 Å². The molecule has 1 amide bonds. The molecule has 2 rings (SSSR count). The molecular weight excluding hydrogens is 316 g/mol. The molecule has 7 heteroatoms. The summed E-state index contributed by atoms with van der Waals surface area (Å²) in [6.45, 7) is 1.44. The van der Waals surface area contributed by atoms with Gasteiger partial charge in [-0.05, 0) is 44.3 Å². The highest BCUT2D eigenvalue weighted by Crippen LogP contribution is 2.15. The monoisotopic (exact) mass is 332 g/mol. The highest BCUT2D eigenvalue weighted by Gasteiger charge is 2.14. The summed E-state index contributed by atoms with van der Waals surface area (Å²) in [6, 6.07) is 12.2. The second-order valence-corrected chi connectivity index (χ2v) is 6.71. The van der Waals surface area contributed by atoms with Gasteiger partial charge >= 0.3 is 0 Å². The fraction of sp³-hybridized carbons (Fsp3) is 0.125. The molecule has 0 aliphatic rings. The van der Waals surface area contributed by atoms with Crippen LogP contribution in [0.2, 0.25) is 0 Å². The zero-order valence-corrected chi connectivity index (χ0v) is 13.5. The predicted molar refractivity (Wildman–Crippen MR) is 87.1 cm³/mol. The SMILES string of the molecule is CNS(=O)(=O)c1cccc(C(=O)Nc2cccc(C(C)=O)c2)c1. The van der Waals surface area contributed by atoms with Crippen LogP contribution in [0.5, 0.6) is 0 Å². The van der Waals surface area contributed by atoms with Gasteiger partial charge in [-0.1, -0.05) is 18.2 Å². The number of anilines is 1. The van der Waals surface area contributed by atoms with Crippen LogP contribution in [-0.2, 0) is 10.0 Å². The quantitative estimate of drug-likeness (QED) is 0.820. The number of amides is 1. The third-order valence-electron chi connectivity index (χ3n) is 3.20. The Kier molecular flexibility index (Phi) is 4.92. The molecule has 6 nitrogen and oxygen atoms in total.